The van der Waals surface area contributed by atoms with Crippen LogP contribution in [-0.2, 0) is 33.3 Å². The molecular weight excluding hydrogens is 302 g/mol. The number of nitrogens with zero attached hydrogens (tertiary/aromatic N) is 1. The lowest BCUT2D eigenvalue weighted by molar-refractivity contribution is -0.210. The molecule has 1 fully saturated rings. The smallest absolute Gasteiger partial charge is 0.303 e. The van der Waals surface area contributed by atoms with E-state index < -0.39 is 48.2 Å². The van der Waals surface area contributed by atoms with Gasteiger partial charge in [0, 0.05) is 20.8 Å². The van der Waals surface area contributed by atoms with Crippen molar-refractivity contribution in [3.8, 4) is 0 Å². The van der Waals surface area contributed by atoms with E-state index in [-0.39, 0.29) is 6.61 Å². The Kier molecular flexibility index (Phi) is 6.25. The van der Waals surface area contributed by atoms with Gasteiger partial charge in [-0.25, -0.2) is 0 Å². The number of oxime groups is 1. The lowest BCUT2D eigenvalue weighted by atomic mass is 9.99. The van der Waals surface area contributed by atoms with Crippen LogP contribution in [0.25, 0.3) is 0 Å². The monoisotopic (exact) mass is 319 g/mol. The van der Waals surface area contributed by atoms with Gasteiger partial charge in [-0.1, -0.05) is 5.16 Å². The van der Waals surface area contributed by atoms with Gasteiger partial charge in [0.2, 0.25) is 6.29 Å². The van der Waals surface area contributed by atoms with Crippen molar-refractivity contribution in [3.63, 3.8) is 0 Å². The molecule has 0 bridgehead atoms. The van der Waals surface area contributed by atoms with E-state index in [0.29, 0.717) is 0 Å². The van der Waals surface area contributed by atoms with E-state index in [1.807, 2.05) is 0 Å². The fraction of sp³-hybridized carbons (Fsp3) is 0.667. The van der Waals surface area contributed by atoms with E-state index in [0.717, 1.165) is 20.8 Å². The molecule has 124 valence electrons. The summed E-state index contributed by atoms with van der Waals surface area (Å²) in [6.45, 7) is 2.99. The number of carbonyl (C=O) groups is 3. The molecule has 22 heavy (non-hydrogen) atoms. The zero-order valence-electron chi connectivity index (χ0n) is 12.2. The molecule has 10 heteroatoms. The van der Waals surface area contributed by atoms with Crippen LogP contribution >= 0.6 is 0 Å². The minimum atomic E-state index is -1.72. The summed E-state index contributed by atoms with van der Waals surface area (Å²) in [7, 11) is 0. The first-order valence-electron chi connectivity index (χ1n) is 6.29. The second-order valence-corrected chi connectivity index (χ2v) is 4.46. The number of esters is 3. The summed E-state index contributed by atoms with van der Waals surface area (Å²) in [5, 5.41) is 21.5. The second kappa shape index (κ2) is 7.71. The molecule has 0 aromatic heterocycles. The number of ether oxygens (including phenoxy) is 4. The maximum Gasteiger partial charge on any atom is 0.303 e. The molecular formula is C12H17NO9. The SMILES string of the molecule is CC(=O)OC[C@H]1O[C@H](O)/C(=N\O)[C@@H](OC(C)=O)[C@@H]1OC(C)=O. The molecule has 0 aromatic carbocycles. The first-order chi connectivity index (χ1) is 10.3. The van der Waals surface area contributed by atoms with Crippen LogP contribution < -0.4 is 0 Å². The Bertz CT molecular complexity index is 475. The van der Waals surface area contributed by atoms with Crippen LogP contribution in [0.5, 0.6) is 0 Å². The third-order valence-electron chi connectivity index (χ3n) is 2.67. The molecule has 0 amide bonds. The molecule has 1 rings (SSSR count). The molecule has 0 unspecified atom stereocenters. The van der Waals surface area contributed by atoms with Crippen molar-refractivity contribution >= 4 is 23.6 Å². The average Bonchev–Trinajstić information content (AvgIpc) is 2.39. The molecule has 0 saturated carbocycles. The molecule has 1 aliphatic rings. The summed E-state index contributed by atoms with van der Waals surface area (Å²) < 4.78 is 19.8. The van der Waals surface area contributed by atoms with Crippen molar-refractivity contribution in [2.45, 2.75) is 45.4 Å². The maximum absolute atomic E-state index is 11.2. The standard InChI is InChI=1S/C12H17NO9/c1-5(14)19-4-8-10(20-6(2)15)11(21-7(3)16)9(13-18)12(17)22-8/h8,10-12,17-18H,4H2,1-3H3/b13-9-/t8-,10-,11-,12+/m1/s1. The number of aliphatic hydroxyl groups is 1. The van der Waals surface area contributed by atoms with Crippen molar-refractivity contribution in [1.82, 2.24) is 0 Å². The van der Waals surface area contributed by atoms with Crippen molar-refractivity contribution in [2.75, 3.05) is 6.61 Å². The number of carbonyl (C=O) groups excluding carboxylic acids is 3. The highest BCUT2D eigenvalue weighted by molar-refractivity contribution is 5.94. The zero-order chi connectivity index (χ0) is 16.9. The summed E-state index contributed by atoms with van der Waals surface area (Å²) in [4.78, 5) is 33.3. The highest BCUT2D eigenvalue weighted by Crippen LogP contribution is 2.24. The van der Waals surface area contributed by atoms with E-state index in [9.17, 15) is 19.5 Å². The number of hydrogen-bond acceptors (Lipinski definition) is 10. The van der Waals surface area contributed by atoms with Gasteiger partial charge in [0.1, 0.15) is 12.7 Å². The Hall–Kier alpha value is -2.20. The summed E-state index contributed by atoms with van der Waals surface area (Å²) in [5.41, 5.74) is -0.444. The Balaban J connectivity index is 3.07. The molecule has 0 spiro atoms. The molecule has 1 saturated heterocycles. The number of hydrogen-bond donors (Lipinski definition) is 2. The van der Waals surface area contributed by atoms with E-state index >= 15 is 0 Å². The fourth-order valence-corrected chi connectivity index (χ4v) is 1.89. The van der Waals surface area contributed by atoms with Gasteiger partial charge in [0.15, 0.2) is 17.9 Å². The van der Waals surface area contributed by atoms with Gasteiger partial charge in [-0.2, -0.15) is 0 Å². The van der Waals surface area contributed by atoms with Crippen molar-refractivity contribution in [1.29, 1.82) is 0 Å². The second-order valence-electron chi connectivity index (χ2n) is 4.46. The highest BCUT2D eigenvalue weighted by atomic mass is 16.7. The maximum atomic E-state index is 11.2. The van der Waals surface area contributed by atoms with E-state index in [1.165, 1.54) is 0 Å². The molecule has 2 N–H and O–H groups in total. The third-order valence-corrected chi connectivity index (χ3v) is 2.67. The third kappa shape index (κ3) is 4.67. The van der Waals surface area contributed by atoms with Crippen LogP contribution in [0.2, 0.25) is 0 Å². The van der Waals surface area contributed by atoms with Gasteiger partial charge in [-0.3, -0.25) is 14.4 Å². The Labute approximate surface area is 125 Å². The van der Waals surface area contributed by atoms with Crippen LogP contribution in [0.3, 0.4) is 0 Å². The molecule has 0 aromatic rings. The van der Waals surface area contributed by atoms with E-state index in [4.69, 9.17) is 24.2 Å². The zero-order valence-corrected chi connectivity index (χ0v) is 12.2. The molecule has 1 heterocycles. The lowest BCUT2D eigenvalue weighted by Gasteiger charge is -2.38. The summed E-state index contributed by atoms with van der Waals surface area (Å²) in [6, 6.07) is 0. The van der Waals surface area contributed by atoms with E-state index in [2.05, 4.69) is 5.16 Å². The van der Waals surface area contributed by atoms with Crippen molar-refractivity contribution in [2.24, 2.45) is 5.16 Å². The van der Waals surface area contributed by atoms with Gasteiger partial charge < -0.3 is 29.3 Å². The molecule has 0 aliphatic carbocycles. The van der Waals surface area contributed by atoms with Crippen LogP contribution in [-0.4, -0.2) is 65.1 Å². The largest absolute Gasteiger partial charge is 0.463 e. The normalized spacial score (nSPS) is 29.7. The van der Waals surface area contributed by atoms with Crippen molar-refractivity contribution in [3.05, 3.63) is 0 Å². The van der Waals surface area contributed by atoms with Crippen LogP contribution in [0.15, 0.2) is 5.16 Å². The molecule has 1 aliphatic heterocycles. The van der Waals surface area contributed by atoms with E-state index in [1.54, 1.807) is 0 Å². The lowest BCUT2D eigenvalue weighted by Crippen LogP contribution is -2.59. The Morgan fingerprint density at radius 3 is 2.18 bits per heavy atom. The highest BCUT2D eigenvalue weighted by Gasteiger charge is 2.48. The van der Waals surface area contributed by atoms with Gasteiger partial charge >= 0.3 is 17.9 Å². The predicted octanol–water partition coefficient (Wildman–Crippen LogP) is -1.04. The first-order valence-corrected chi connectivity index (χ1v) is 6.29. The summed E-state index contributed by atoms with van der Waals surface area (Å²) in [5.74, 6) is -2.11. The van der Waals surface area contributed by atoms with Crippen LogP contribution in [0.1, 0.15) is 20.8 Å². The molecule has 10 nitrogen and oxygen atoms in total. The fourth-order valence-electron chi connectivity index (χ4n) is 1.89. The predicted molar refractivity (Wildman–Crippen MR) is 67.8 cm³/mol. The molecule has 0 radical (unpaired) electrons. The summed E-state index contributed by atoms with van der Waals surface area (Å²) in [6.07, 6.45) is -5.47. The van der Waals surface area contributed by atoms with Crippen LogP contribution in [0, 0.1) is 0 Å². The first kappa shape index (κ1) is 17.9. The van der Waals surface area contributed by atoms with Gasteiger partial charge in [-0.05, 0) is 0 Å². The molecule has 4 atom stereocenters. The summed E-state index contributed by atoms with van der Waals surface area (Å²) >= 11 is 0. The quantitative estimate of drug-likeness (QED) is 0.287. The average molecular weight is 319 g/mol. The Morgan fingerprint density at radius 1 is 1.14 bits per heavy atom. The minimum absolute atomic E-state index is 0.360. The number of rotatable bonds is 4. The number of aliphatic hydroxyl groups excluding tert-OH is 1. The van der Waals surface area contributed by atoms with Crippen LogP contribution in [0.4, 0.5) is 0 Å². The minimum Gasteiger partial charge on any atom is -0.463 e. The van der Waals surface area contributed by atoms with Gasteiger partial charge in [0.05, 0.1) is 0 Å². The van der Waals surface area contributed by atoms with Crippen molar-refractivity contribution < 1.29 is 43.6 Å². The topological polar surface area (TPSA) is 141 Å². The van der Waals surface area contributed by atoms with Gasteiger partial charge in [-0.15, -0.1) is 0 Å². The Morgan fingerprint density at radius 2 is 1.73 bits per heavy atom. The van der Waals surface area contributed by atoms with Gasteiger partial charge in [0.25, 0.3) is 0 Å².